The number of nitrogens with zero attached hydrogens (tertiary/aromatic N) is 4. The Labute approximate surface area is 208 Å². The zero-order valence-electron chi connectivity index (χ0n) is 21.1. The normalized spacial score (nSPS) is 12.3. The molecule has 0 N–H and O–H groups in total. The summed E-state index contributed by atoms with van der Waals surface area (Å²) in [7, 11) is -3.85. The molecule has 36 heavy (non-hydrogen) atoms. The highest BCUT2D eigenvalue weighted by molar-refractivity contribution is 7.90. The van der Waals surface area contributed by atoms with Gasteiger partial charge >= 0.3 is 12.2 Å². The Morgan fingerprint density at radius 3 is 1.94 bits per heavy atom. The van der Waals surface area contributed by atoms with E-state index in [1.54, 1.807) is 71.9 Å². The number of amides is 2. The van der Waals surface area contributed by atoms with Gasteiger partial charge in [0, 0.05) is 18.5 Å². The summed E-state index contributed by atoms with van der Waals surface area (Å²) in [5.41, 5.74) is -2.60. The number of carbonyl (C=O) groups excluding carboxylic acids is 2. The fourth-order valence-corrected chi connectivity index (χ4v) is 3.65. The third kappa shape index (κ3) is 6.06. The van der Waals surface area contributed by atoms with Gasteiger partial charge in [0.05, 0.1) is 16.8 Å². The number of sulfone groups is 1. The van der Waals surface area contributed by atoms with Crippen molar-refractivity contribution in [2.45, 2.75) is 57.9 Å². The fraction of sp³-hybridized carbons (Fsp3) is 0.375. The largest absolute Gasteiger partial charge is 0.443 e. The first kappa shape index (κ1) is 26.8. The predicted octanol–water partition coefficient (Wildman–Crippen LogP) is 3.86. The van der Waals surface area contributed by atoms with Gasteiger partial charge in [0.25, 0.3) is 5.56 Å². The Hall–Kier alpha value is -3.80. The number of anilines is 1. The second kappa shape index (κ2) is 9.34. The van der Waals surface area contributed by atoms with Crippen molar-refractivity contribution >= 4 is 38.7 Å². The minimum atomic E-state index is -3.85. The summed E-state index contributed by atoms with van der Waals surface area (Å²) in [6.07, 6.45) is -0.130. The number of carbonyl (C=O) groups is 2. The molecule has 2 heterocycles. The number of fused-ring (bicyclic) bond motifs is 1. The summed E-state index contributed by atoms with van der Waals surface area (Å²) in [5, 5.41) is -0.486. The molecule has 0 saturated heterocycles. The first-order chi connectivity index (χ1) is 16.5. The second-order valence-corrected chi connectivity index (χ2v) is 11.9. The number of imide groups is 1. The zero-order chi connectivity index (χ0) is 27.1. The highest BCUT2D eigenvalue weighted by atomic mass is 32.2. The van der Waals surface area contributed by atoms with Crippen LogP contribution in [0.15, 0.2) is 52.5 Å². The first-order valence-corrected chi connectivity index (χ1v) is 12.8. The van der Waals surface area contributed by atoms with Crippen LogP contribution in [0.25, 0.3) is 16.7 Å². The number of hydrogen-bond donors (Lipinski definition) is 0. The number of rotatable bonds is 3. The molecule has 12 heteroatoms. The molecule has 0 aliphatic heterocycles. The second-order valence-electron chi connectivity index (χ2n) is 10.00. The predicted molar refractivity (Wildman–Crippen MR) is 133 cm³/mol. The van der Waals surface area contributed by atoms with E-state index in [1.165, 1.54) is 0 Å². The Kier molecular flexibility index (Phi) is 6.95. The molecule has 0 unspecified atom stereocenters. The van der Waals surface area contributed by atoms with E-state index in [9.17, 15) is 22.8 Å². The summed E-state index contributed by atoms with van der Waals surface area (Å²) >= 11 is 0. The van der Waals surface area contributed by atoms with Crippen LogP contribution in [0.2, 0.25) is 0 Å². The monoisotopic (exact) mass is 516 g/mol. The van der Waals surface area contributed by atoms with Crippen molar-refractivity contribution < 1.29 is 27.5 Å². The van der Waals surface area contributed by atoms with Crippen LogP contribution in [-0.2, 0) is 19.3 Å². The van der Waals surface area contributed by atoms with Gasteiger partial charge in [0.2, 0.25) is 15.0 Å². The Bertz CT molecular complexity index is 1460. The molecular formula is C24H28N4O7S. The lowest BCUT2D eigenvalue weighted by atomic mass is 10.2. The Morgan fingerprint density at radius 1 is 0.944 bits per heavy atom. The molecule has 0 aliphatic rings. The van der Waals surface area contributed by atoms with Crippen molar-refractivity contribution in [2.75, 3.05) is 11.2 Å². The van der Waals surface area contributed by atoms with Gasteiger partial charge in [-0.2, -0.15) is 9.88 Å². The van der Waals surface area contributed by atoms with E-state index in [2.05, 4.69) is 9.97 Å². The standard InChI is InChI=1S/C24H28N4O7S/c1-23(2,3)34-21(30)28(22(31)35-24(4,5)6)17-13-18(29)27(15-11-9-8-10-12-15)19-16(17)14-25-20(26-19)36(7,32)33/h8-14H,1-7H3. The minimum absolute atomic E-state index is 0.0440. The lowest BCUT2D eigenvalue weighted by molar-refractivity contribution is 0.0431. The van der Waals surface area contributed by atoms with E-state index in [1.807, 2.05) is 0 Å². The van der Waals surface area contributed by atoms with Gasteiger partial charge in [0.15, 0.2) is 5.65 Å². The third-order valence-corrected chi connectivity index (χ3v) is 5.31. The third-order valence-electron chi connectivity index (χ3n) is 4.45. The molecule has 11 nitrogen and oxygen atoms in total. The van der Waals surface area contributed by atoms with Crippen LogP contribution in [0.5, 0.6) is 0 Å². The fourth-order valence-electron chi connectivity index (χ4n) is 3.15. The first-order valence-electron chi connectivity index (χ1n) is 10.9. The van der Waals surface area contributed by atoms with Crippen molar-refractivity contribution in [1.29, 1.82) is 0 Å². The minimum Gasteiger partial charge on any atom is -0.443 e. The number of aromatic nitrogens is 3. The maximum Gasteiger partial charge on any atom is 0.424 e. The molecule has 0 bridgehead atoms. The Balaban J connectivity index is 2.40. The molecule has 0 radical (unpaired) electrons. The topological polar surface area (TPSA) is 138 Å². The van der Waals surface area contributed by atoms with Gasteiger partial charge in [-0.05, 0) is 53.7 Å². The number of hydrogen-bond acceptors (Lipinski definition) is 9. The van der Waals surface area contributed by atoms with Gasteiger partial charge in [-0.3, -0.25) is 9.36 Å². The van der Waals surface area contributed by atoms with E-state index < -0.39 is 43.9 Å². The molecule has 2 amide bonds. The van der Waals surface area contributed by atoms with Gasteiger partial charge in [-0.1, -0.05) is 18.2 Å². The van der Waals surface area contributed by atoms with Crippen molar-refractivity contribution in [3.05, 3.63) is 52.9 Å². The van der Waals surface area contributed by atoms with Crippen molar-refractivity contribution in [3.63, 3.8) is 0 Å². The van der Waals surface area contributed by atoms with Crippen LogP contribution < -0.4 is 10.5 Å². The molecule has 0 fully saturated rings. The van der Waals surface area contributed by atoms with Gasteiger partial charge in [-0.15, -0.1) is 0 Å². The van der Waals surface area contributed by atoms with Crippen LogP contribution >= 0.6 is 0 Å². The van der Waals surface area contributed by atoms with Gasteiger partial charge in [-0.25, -0.2) is 23.0 Å². The molecule has 0 saturated carbocycles. The number of para-hydroxylation sites is 1. The SMILES string of the molecule is CC(C)(C)OC(=O)N(C(=O)OC(C)(C)C)c1cc(=O)n(-c2ccccc2)c2nc(S(C)(=O)=O)ncc12. The quantitative estimate of drug-likeness (QED) is 0.475. The molecule has 0 aliphatic carbocycles. The number of pyridine rings is 1. The average Bonchev–Trinajstić information content (AvgIpc) is 2.71. The molecule has 0 spiro atoms. The lowest BCUT2D eigenvalue weighted by Gasteiger charge is -2.29. The molecule has 1 aromatic carbocycles. The molecule has 2 aromatic heterocycles. The van der Waals surface area contributed by atoms with Crippen LogP contribution in [0.3, 0.4) is 0 Å². The van der Waals surface area contributed by atoms with Crippen molar-refractivity contribution in [1.82, 2.24) is 14.5 Å². The summed E-state index contributed by atoms with van der Waals surface area (Å²) in [5.74, 6) is 0. The number of ether oxygens (including phenoxy) is 2. The average molecular weight is 517 g/mol. The summed E-state index contributed by atoms with van der Waals surface area (Å²) in [6, 6.07) is 9.42. The lowest BCUT2D eigenvalue weighted by Crippen LogP contribution is -2.44. The van der Waals surface area contributed by atoms with Crippen LogP contribution in [0, 0.1) is 0 Å². The van der Waals surface area contributed by atoms with E-state index >= 15 is 0 Å². The maximum atomic E-state index is 13.4. The van der Waals surface area contributed by atoms with Crippen LogP contribution in [-0.4, -0.2) is 52.6 Å². The molecule has 3 aromatic rings. The van der Waals surface area contributed by atoms with E-state index in [4.69, 9.17) is 9.47 Å². The molecule has 0 atom stereocenters. The molecule has 3 rings (SSSR count). The van der Waals surface area contributed by atoms with Crippen LogP contribution in [0.1, 0.15) is 41.5 Å². The smallest absolute Gasteiger partial charge is 0.424 e. The zero-order valence-corrected chi connectivity index (χ0v) is 21.9. The van der Waals surface area contributed by atoms with Crippen molar-refractivity contribution in [2.24, 2.45) is 0 Å². The summed E-state index contributed by atoms with van der Waals surface area (Å²) < 4.78 is 36.4. The number of benzene rings is 1. The van der Waals surface area contributed by atoms with E-state index in [0.717, 1.165) is 23.1 Å². The Morgan fingerprint density at radius 2 is 1.47 bits per heavy atom. The maximum absolute atomic E-state index is 13.4. The van der Waals surface area contributed by atoms with Crippen LogP contribution in [0.4, 0.5) is 15.3 Å². The summed E-state index contributed by atoms with van der Waals surface area (Å²) in [4.78, 5) is 48.3. The highest BCUT2D eigenvalue weighted by Gasteiger charge is 2.35. The molecular weight excluding hydrogens is 488 g/mol. The van der Waals surface area contributed by atoms with Gasteiger partial charge < -0.3 is 9.47 Å². The molecule has 192 valence electrons. The van der Waals surface area contributed by atoms with E-state index in [0.29, 0.717) is 10.6 Å². The van der Waals surface area contributed by atoms with Gasteiger partial charge in [0.1, 0.15) is 11.2 Å². The summed E-state index contributed by atoms with van der Waals surface area (Å²) in [6.45, 7) is 9.70. The highest BCUT2D eigenvalue weighted by Crippen LogP contribution is 2.29. The van der Waals surface area contributed by atoms with E-state index in [-0.39, 0.29) is 16.7 Å². The van der Waals surface area contributed by atoms with Crippen molar-refractivity contribution in [3.8, 4) is 5.69 Å².